The van der Waals surface area contributed by atoms with E-state index in [1.165, 1.54) is 0 Å². The molecule has 3 rings (SSSR count). The van der Waals surface area contributed by atoms with Crippen molar-refractivity contribution in [2.75, 3.05) is 21.3 Å². The summed E-state index contributed by atoms with van der Waals surface area (Å²) in [6.45, 7) is 0.274. The summed E-state index contributed by atoms with van der Waals surface area (Å²) >= 11 is 6.20. The fourth-order valence-electron chi connectivity index (χ4n) is 3.98. The second-order valence-corrected chi connectivity index (χ2v) is 8.60. The molecule has 1 unspecified atom stereocenters. The number of halogens is 1. The maximum Gasteiger partial charge on any atom is 0.242 e. The Morgan fingerprint density at radius 3 is 2.26 bits per heavy atom. The number of amides is 2. The number of benzene rings is 3. The van der Waals surface area contributed by atoms with Crippen molar-refractivity contribution < 1.29 is 19.1 Å². The van der Waals surface area contributed by atoms with Crippen molar-refractivity contribution in [2.45, 2.75) is 31.8 Å². The molecule has 0 aliphatic carbocycles. The van der Waals surface area contributed by atoms with E-state index >= 15 is 0 Å². The normalized spacial score (nSPS) is 11.4. The summed E-state index contributed by atoms with van der Waals surface area (Å²) in [5.41, 5.74) is 2.78. The van der Waals surface area contributed by atoms with E-state index in [4.69, 9.17) is 21.1 Å². The number of carbonyl (C=O) groups excluding carboxylic acids is 2. The highest BCUT2D eigenvalue weighted by Gasteiger charge is 2.29. The fourth-order valence-corrected chi connectivity index (χ4v) is 4.20. The van der Waals surface area contributed by atoms with Gasteiger partial charge < -0.3 is 19.7 Å². The highest BCUT2D eigenvalue weighted by atomic mass is 35.5. The predicted molar refractivity (Wildman–Crippen MR) is 138 cm³/mol. The Morgan fingerprint density at radius 1 is 0.886 bits per heavy atom. The molecule has 7 heteroatoms. The van der Waals surface area contributed by atoms with Crippen LogP contribution in [0.25, 0.3) is 0 Å². The first kappa shape index (κ1) is 26.1. The largest absolute Gasteiger partial charge is 0.493 e. The number of nitrogens with one attached hydrogen (secondary N) is 1. The first-order valence-electron chi connectivity index (χ1n) is 11.5. The van der Waals surface area contributed by atoms with Gasteiger partial charge in [0.15, 0.2) is 11.5 Å². The molecule has 0 fully saturated rings. The zero-order valence-electron chi connectivity index (χ0n) is 20.3. The van der Waals surface area contributed by atoms with Gasteiger partial charge in [-0.2, -0.15) is 0 Å². The summed E-state index contributed by atoms with van der Waals surface area (Å²) in [5.74, 6) is 0.910. The van der Waals surface area contributed by atoms with Crippen molar-refractivity contribution in [1.82, 2.24) is 10.2 Å². The molecule has 0 aliphatic rings. The molecule has 1 N–H and O–H groups in total. The minimum Gasteiger partial charge on any atom is -0.493 e. The average molecular weight is 495 g/mol. The maximum absolute atomic E-state index is 13.6. The molecule has 0 saturated heterocycles. The molecule has 184 valence electrons. The van der Waals surface area contributed by atoms with Crippen molar-refractivity contribution in [3.8, 4) is 11.5 Å². The van der Waals surface area contributed by atoms with E-state index in [0.29, 0.717) is 29.4 Å². The summed E-state index contributed by atoms with van der Waals surface area (Å²) in [6.07, 6.45) is 1.14. The van der Waals surface area contributed by atoms with E-state index in [1.54, 1.807) is 32.2 Å². The second kappa shape index (κ2) is 12.8. The van der Waals surface area contributed by atoms with Crippen LogP contribution >= 0.6 is 11.6 Å². The van der Waals surface area contributed by atoms with Crippen LogP contribution in [0.3, 0.4) is 0 Å². The van der Waals surface area contributed by atoms with Gasteiger partial charge in [0, 0.05) is 31.5 Å². The van der Waals surface area contributed by atoms with Crippen LogP contribution in [0.5, 0.6) is 11.5 Å². The summed E-state index contributed by atoms with van der Waals surface area (Å²) in [4.78, 5) is 28.2. The summed E-state index contributed by atoms with van der Waals surface area (Å²) < 4.78 is 10.7. The number of methoxy groups -OCH3 is 2. The molecule has 0 spiro atoms. The summed E-state index contributed by atoms with van der Waals surface area (Å²) in [7, 11) is 4.75. The number of rotatable bonds is 11. The van der Waals surface area contributed by atoms with Gasteiger partial charge in [-0.15, -0.1) is 0 Å². The first-order chi connectivity index (χ1) is 16.9. The molecule has 0 bridgehead atoms. The van der Waals surface area contributed by atoms with Crippen LogP contribution in [-0.2, 0) is 29.0 Å². The highest BCUT2D eigenvalue weighted by molar-refractivity contribution is 6.30. The third-order valence-corrected chi connectivity index (χ3v) is 6.07. The number of carbonyl (C=O) groups is 2. The van der Waals surface area contributed by atoms with Gasteiger partial charge in [-0.3, -0.25) is 9.59 Å². The second-order valence-electron chi connectivity index (χ2n) is 8.16. The molecule has 0 saturated carbocycles. The Hall–Kier alpha value is -3.51. The molecule has 0 aliphatic heterocycles. The number of hydrogen-bond acceptors (Lipinski definition) is 4. The minimum absolute atomic E-state index is 0.121. The molecular formula is C28H31ClN2O4. The number of aryl methyl sites for hydroxylation is 1. The van der Waals surface area contributed by atoms with Crippen LogP contribution in [-0.4, -0.2) is 44.0 Å². The topological polar surface area (TPSA) is 67.9 Å². The van der Waals surface area contributed by atoms with Gasteiger partial charge in [-0.1, -0.05) is 60.1 Å². The molecule has 0 radical (unpaired) electrons. The molecule has 35 heavy (non-hydrogen) atoms. The predicted octanol–water partition coefficient (Wildman–Crippen LogP) is 4.68. The van der Waals surface area contributed by atoms with Crippen LogP contribution in [0.1, 0.15) is 23.1 Å². The average Bonchev–Trinajstić information content (AvgIpc) is 2.89. The molecule has 3 aromatic rings. The Kier molecular flexibility index (Phi) is 9.56. The Balaban J connectivity index is 1.87. The molecule has 0 aromatic heterocycles. The Labute approximate surface area is 211 Å². The molecule has 2 amide bonds. The van der Waals surface area contributed by atoms with Crippen LogP contribution in [0.4, 0.5) is 0 Å². The monoisotopic (exact) mass is 494 g/mol. The van der Waals surface area contributed by atoms with Gasteiger partial charge in [0.05, 0.1) is 14.2 Å². The maximum atomic E-state index is 13.6. The lowest BCUT2D eigenvalue weighted by atomic mass is 10.0. The Bertz CT molecular complexity index is 1140. The van der Waals surface area contributed by atoms with E-state index in [2.05, 4.69) is 5.32 Å². The number of likely N-dealkylation sites (N-methyl/N-ethyl adjacent to an activating group) is 1. The zero-order chi connectivity index (χ0) is 25.2. The lowest BCUT2D eigenvalue weighted by molar-refractivity contribution is -0.141. The van der Waals surface area contributed by atoms with Crippen LogP contribution < -0.4 is 14.8 Å². The van der Waals surface area contributed by atoms with E-state index in [1.807, 2.05) is 66.7 Å². The standard InChI is InChI=1S/C28H31ClN2O4/c1-30-28(33)24(17-20-8-5-4-6-9-20)31(19-22-10-7-11-23(29)16-22)27(32)15-13-21-12-14-25(34-2)26(18-21)35-3/h4-12,14,16,18,24H,13,15,17,19H2,1-3H3,(H,30,33). The van der Waals surface area contributed by atoms with Crippen molar-refractivity contribution in [1.29, 1.82) is 0 Å². The molecule has 3 aromatic carbocycles. The first-order valence-corrected chi connectivity index (χ1v) is 11.8. The summed E-state index contributed by atoms with van der Waals surface area (Å²) in [6, 6.07) is 22.0. The van der Waals surface area contributed by atoms with Crippen LogP contribution in [0, 0.1) is 0 Å². The third kappa shape index (κ3) is 7.23. The van der Waals surface area contributed by atoms with E-state index in [9.17, 15) is 9.59 Å². The number of nitrogens with zero attached hydrogens (tertiary/aromatic N) is 1. The smallest absolute Gasteiger partial charge is 0.242 e. The fraction of sp³-hybridized carbons (Fsp3) is 0.286. The molecular weight excluding hydrogens is 464 g/mol. The zero-order valence-corrected chi connectivity index (χ0v) is 21.0. The van der Waals surface area contributed by atoms with Gasteiger partial charge in [-0.25, -0.2) is 0 Å². The summed E-state index contributed by atoms with van der Waals surface area (Å²) in [5, 5.41) is 3.31. The van der Waals surface area contributed by atoms with Gasteiger partial charge in [-0.05, 0) is 47.4 Å². The molecule has 6 nitrogen and oxygen atoms in total. The lowest BCUT2D eigenvalue weighted by Crippen LogP contribution is -2.49. The molecule has 1 atom stereocenters. The van der Waals surface area contributed by atoms with E-state index in [0.717, 1.165) is 16.7 Å². The van der Waals surface area contributed by atoms with E-state index < -0.39 is 6.04 Å². The van der Waals surface area contributed by atoms with Gasteiger partial charge >= 0.3 is 0 Å². The van der Waals surface area contributed by atoms with Crippen LogP contribution in [0.2, 0.25) is 5.02 Å². The van der Waals surface area contributed by atoms with Crippen molar-refractivity contribution in [3.63, 3.8) is 0 Å². The number of hydrogen-bond donors (Lipinski definition) is 1. The lowest BCUT2D eigenvalue weighted by Gasteiger charge is -2.31. The van der Waals surface area contributed by atoms with Crippen molar-refractivity contribution in [3.05, 3.63) is 94.5 Å². The quantitative estimate of drug-likeness (QED) is 0.420. The SMILES string of the molecule is CNC(=O)C(Cc1ccccc1)N(Cc1cccc(Cl)c1)C(=O)CCc1ccc(OC)c(OC)c1. The van der Waals surface area contributed by atoms with Gasteiger partial charge in [0.1, 0.15) is 6.04 Å². The van der Waals surface area contributed by atoms with Crippen LogP contribution in [0.15, 0.2) is 72.8 Å². The third-order valence-electron chi connectivity index (χ3n) is 5.83. The van der Waals surface area contributed by atoms with Crippen molar-refractivity contribution in [2.24, 2.45) is 0 Å². The van der Waals surface area contributed by atoms with E-state index in [-0.39, 0.29) is 24.8 Å². The van der Waals surface area contributed by atoms with Gasteiger partial charge in [0.2, 0.25) is 11.8 Å². The minimum atomic E-state index is -0.667. The molecule has 0 heterocycles. The Morgan fingerprint density at radius 2 is 1.60 bits per heavy atom. The van der Waals surface area contributed by atoms with Gasteiger partial charge in [0.25, 0.3) is 0 Å². The highest BCUT2D eigenvalue weighted by Crippen LogP contribution is 2.28. The number of ether oxygens (including phenoxy) is 2. The van der Waals surface area contributed by atoms with Crippen molar-refractivity contribution >= 4 is 23.4 Å².